The topological polar surface area (TPSA) is 59.6 Å². The van der Waals surface area contributed by atoms with Crippen molar-refractivity contribution in [3.63, 3.8) is 0 Å². The van der Waals surface area contributed by atoms with Crippen LogP contribution in [0.1, 0.15) is 43.7 Å². The minimum absolute atomic E-state index is 0.141. The summed E-state index contributed by atoms with van der Waals surface area (Å²) in [6.07, 6.45) is 5.86. The second-order valence-corrected chi connectivity index (χ2v) is 11.3. The molecule has 182 valence electrons. The van der Waals surface area contributed by atoms with Gasteiger partial charge in [0.1, 0.15) is 6.04 Å². The fourth-order valence-electron chi connectivity index (χ4n) is 6.33. The van der Waals surface area contributed by atoms with E-state index in [1.165, 1.54) is 69.5 Å². The molecule has 0 bridgehead atoms. The normalized spacial score (nSPS) is 31.6. The number of rotatable bonds is 7. The lowest BCUT2D eigenvalue weighted by Gasteiger charge is -2.41. The molecule has 5 atom stereocenters. The van der Waals surface area contributed by atoms with E-state index in [0.717, 1.165) is 24.6 Å². The zero-order valence-electron chi connectivity index (χ0n) is 20.8. The molecule has 1 aromatic carbocycles. The summed E-state index contributed by atoms with van der Waals surface area (Å²) in [6.45, 7) is 11.7. The smallest absolute Gasteiger partial charge is 0.243 e. The van der Waals surface area contributed by atoms with Crippen molar-refractivity contribution in [2.24, 2.45) is 17.8 Å². The third-order valence-electron chi connectivity index (χ3n) is 8.65. The van der Waals surface area contributed by atoms with E-state index in [9.17, 15) is 4.79 Å². The monoisotopic (exact) mass is 453 g/mol. The molecule has 1 saturated carbocycles. The van der Waals surface area contributed by atoms with Crippen LogP contribution in [0.3, 0.4) is 0 Å². The zero-order chi connectivity index (χ0) is 22.9. The molecule has 3 heterocycles. The molecule has 5 unspecified atom stereocenters. The van der Waals surface area contributed by atoms with Crippen molar-refractivity contribution >= 4 is 11.6 Å². The predicted molar refractivity (Wildman–Crippen MR) is 135 cm³/mol. The number of nitrogens with zero attached hydrogens (tertiary/aromatic N) is 2. The van der Waals surface area contributed by atoms with Crippen LogP contribution in [-0.2, 0) is 11.2 Å². The number of hydrogen-bond acceptors (Lipinski definition) is 5. The first kappa shape index (κ1) is 23.1. The Morgan fingerprint density at radius 3 is 2.70 bits per heavy atom. The maximum atomic E-state index is 13.3. The Bertz CT molecular complexity index is 832. The molecule has 1 amide bonds. The van der Waals surface area contributed by atoms with E-state index in [4.69, 9.17) is 0 Å². The van der Waals surface area contributed by atoms with Gasteiger partial charge in [0.25, 0.3) is 0 Å². The summed E-state index contributed by atoms with van der Waals surface area (Å²) in [5, 5.41) is 10.9. The third-order valence-corrected chi connectivity index (χ3v) is 8.65. The largest absolute Gasteiger partial charge is 0.373 e. The van der Waals surface area contributed by atoms with Crippen LogP contribution in [-0.4, -0.2) is 80.1 Å². The molecule has 6 heteroatoms. The number of hydrogen-bond donors (Lipinski definition) is 3. The molecule has 2 saturated heterocycles. The van der Waals surface area contributed by atoms with E-state index < -0.39 is 0 Å². The van der Waals surface area contributed by atoms with Gasteiger partial charge in [0.15, 0.2) is 0 Å². The van der Waals surface area contributed by atoms with Gasteiger partial charge in [-0.1, -0.05) is 25.1 Å². The van der Waals surface area contributed by atoms with Crippen molar-refractivity contribution < 1.29 is 4.79 Å². The van der Waals surface area contributed by atoms with E-state index in [1.807, 2.05) is 0 Å². The lowest BCUT2D eigenvalue weighted by Crippen LogP contribution is -2.59. The Morgan fingerprint density at radius 1 is 1.21 bits per heavy atom. The Labute approximate surface area is 199 Å². The molecule has 0 spiro atoms. The molecule has 0 aromatic heterocycles. The maximum absolute atomic E-state index is 13.3. The number of carbonyl (C=O) groups excluding carboxylic acids is 1. The molecule has 33 heavy (non-hydrogen) atoms. The summed E-state index contributed by atoms with van der Waals surface area (Å²) in [6, 6.07) is 6.87. The van der Waals surface area contributed by atoms with Gasteiger partial charge in [-0.05, 0) is 81.6 Å². The molecule has 3 N–H and O–H groups in total. The molecule has 3 fully saturated rings. The Hall–Kier alpha value is -1.63. The van der Waals surface area contributed by atoms with E-state index in [2.05, 4.69) is 64.8 Å². The number of benzene rings is 1. The van der Waals surface area contributed by atoms with Crippen molar-refractivity contribution in [1.82, 2.24) is 20.4 Å². The number of piperazine rings is 1. The number of para-hydroxylation sites is 1. The number of anilines is 1. The Kier molecular flexibility index (Phi) is 6.96. The van der Waals surface area contributed by atoms with Gasteiger partial charge in [-0.2, -0.15) is 0 Å². The van der Waals surface area contributed by atoms with Crippen LogP contribution in [0.15, 0.2) is 18.2 Å². The highest BCUT2D eigenvalue weighted by atomic mass is 16.2. The summed E-state index contributed by atoms with van der Waals surface area (Å²) >= 11 is 0. The van der Waals surface area contributed by atoms with Crippen LogP contribution in [0.25, 0.3) is 0 Å². The molecule has 4 aliphatic rings. The minimum atomic E-state index is -0.141. The average molecular weight is 454 g/mol. The molecule has 3 aliphatic heterocycles. The fourth-order valence-corrected chi connectivity index (χ4v) is 6.33. The van der Waals surface area contributed by atoms with E-state index >= 15 is 0 Å². The van der Waals surface area contributed by atoms with Gasteiger partial charge in [0, 0.05) is 50.4 Å². The van der Waals surface area contributed by atoms with Crippen molar-refractivity contribution in [3.05, 3.63) is 29.3 Å². The van der Waals surface area contributed by atoms with Crippen molar-refractivity contribution in [3.8, 4) is 0 Å². The first-order chi connectivity index (χ1) is 16.0. The molecular weight excluding hydrogens is 410 g/mol. The number of fused-ring (bicyclic) bond motifs is 1. The Morgan fingerprint density at radius 2 is 2.00 bits per heavy atom. The summed E-state index contributed by atoms with van der Waals surface area (Å²) in [5.41, 5.74) is 3.66. The third kappa shape index (κ3) is 5.39. The minimum Gasteiger partial charge on any atom is -0.373 e. The van der Waals surface area contributed by atoms with Crippen molar-refractivity contribution in [2.75, 3.05) is 51.6 Å². The van der Waals surface area contributed by atoms with Crippen LogP contribution in [0, 0.1) is 24.7 Å². The van der Waals surface area contributed by atoms with Crippen LogP contribution < -0.4 is 16.0 Å². The second-order valence-electron chi connectivity index (χ2n) is 11.3. The van der Waals surface area contributed by atoms with Crippen LogP contribution in [0.2, 0.25) is 0 Å². The number of amides is 1. The fraction of sp³-hybridized carbons (Fsp3) is 0.741. The Balaban J connectivity index is 1.13. The highest BCUT2D eigenvalue weighted by Crippen LogP contribution is 2.38. The van der Waals surface area contributed by atoms with Gasteiger partial charge in [0.2, 0.25) is 5.91 Å². The van der Waals surface area contributed by atoms with Gasteiger partial charge in [-0.25, -0.2) is 0 Å². The maximum Gasteiger partial charge on any atom is 0.243 e. The standard InChI is InChI=1S/C27H43N5O/c1-18-5-4-6-22-16-23(29-24(18)22)27(33)30-26(21-7-8-21)25-19(2)15-20(17-28-25)9-10-32-13-11-31(3)12-14-32/h4-6,19-21,23,25-26,28-29H,7-17H2,1-3H3,(H,30,33). The lowest BCUT2D eigenvalue weighted by atomic mass is 9.80. The van der Waals surface area contributed by atoms with Gasteiger partial charge in [-0.3, -0.25) is 4.79 Å². The number of piperidine rings is 1. The quantitative estimate of drug-likeness (QED) is 0.592. The van der Waals surface area contributed by atoms with Gasteiger partial charge in [0.05, 0.1) is 0 Å². The lowest BCUT2D eigenvalue weighted by molar-refractivity contribution is -0.123. The van der Waals surface area contributed by atoms with Gasteiger partial charge < -0.3 is 25.8 Å². The molecule has 0 radical (unpaired) electrons. The van der Waals surface area contributed by atoms with E-state index in [1.54, 1.807) is 0 Å². The number of likely N-dealkylation sites (N-methyl/N-ethyl adjacent to an activating group) is 1. The van der Waals surface area contributed by atoms with Gasteiger partial charge >= 0.3 is 0 Å². The van der Waals surface area contributed by atoms with E-state index in [0.29, 0.717) is 17.9 Å². The predicted octanol–water partition coefficient (Wildman–Crippen LogP) is 2.48. The summed E-state index contributed by atoms with van der Waals surface area (Å²) in [7, 11) is 2.22. The number of carbonyl (C=O) groups is 1. The highest BCUT2D eigenvalue weighted by molar-refractivity contribution is 5.88. The second kappa shape index (κ2) is 9.93. The van der Waals surface area contributed by atoms with Crippen LogP contribution in [0.4, 0.5) is 5.69 Å². The molecule has 1 aromatic rings. The summed E-state index contributed by atoms with van der Waals surface area (Å²) in [5.74, 6) is 2.16. The molecule has 5 rings (SSSR count). The zero-order valence-corrected chi connectivity index (χ0v) is 20.8. The molecular formula is C27H43N5O. The SMILES string of the molecule is Cc1cccc2c1NC(C(=O)NC(C1CC1)C1NCC(CCN3CCN(C)CC3)CC1C)C2. The first-order valence-electron chi connectivity index (χ1n) is 13.3. The van der Waals surface area contributed by atoms with E-state index in [-0.39, 0.29) is 18.0 Å². The van der Waals surface area contributed by atoms with Crippen molar-refractivity contribution in [2.45, 2.75) is 64.1 Å². The molecule has 1 aliphatic carbocycles. The summed E-state index contributed by atoms with van der Waals surface area (Å²) < 4.78 is 0. The molecule has 6 nitrogen and oxygen atoms in total. The average Bonchev–Trinajstić information content (AvgIpc) is 3.55. The highest BCUT2D eigenvalue weighted by Gasteiger charge is 2.43. The first-order valence-corrected chi connectivity index (χ1v) is 13.3. The number of nitrogens with one attached hydrogen (secondary N) is 3. The van der Waals surface area contributed by atoms with Crippen LogP contribution in [0.5, 0.6) is 0 Å². The van der Waals surface area contributed by atoms with Gasteiger partial charge in [-0.15, -0.1) is 0 Å². The summed E-state index contributed by atoms with van der Waals surface area (Å²) in [4.78, 5) is 18.3. The van der Waals surface area contributed by atoms with Crippen molar-refractivity contribution in [1.29, 1.82) is 0 Å². The van der Waals surface area contributed by atoms with Crippen LogP contribution >= 0.6 is 0 Å². The number of aryl methyl sites for hydroxylation is 1.